The van der Waals surface area contributed by atoms with Crippen molar-refractivity contribution in [2.75, 3.05) is 0 Å². The van der Waals surface area contributed by atoms with Crippen LogP contribution in [0.2, 0.25) is 5.02 Å². The molecule has 0 saturated heterocycles. The van der Waals surface area contributed by atoms with Crippen LogP contribution < -0.4 is 5.32 Å². The normalized spacial score (nSPS) is 18.5. The number of rotatable bonds is 5. The summed E-state index contributed by atoms with van der Waals surface area (Å²) in [5.74, 6) is 0.866. The number of halogens is 2. The fraction of sp³-hybridized carbons (Fsp3) is 0.625. The van der Waals surface area contributed by atoms with Crippen LogP contribution in [-0.2, 0) is 6.54 Å². The second kappa shape index (κ2) is 7.66. The van der Waals surface area contributed by atoms with E-state index in [1.807, 2.05) is 12.1 Å². The van der Waals surface area contributed by atoms with E-state index in [4.69, 9.17) is 11.6 Å². The van der Waals surface area contributed by atoms with Gasteiger partial charge in [0.05, 0.1) is 0 Å². The molecule has 1 aliphatic rings. The monoisotopic (exact) mass is 343 g/mol. The van der Waals surface area contributed by atoms with Gasteiger partial charge in [-0.05, 0) is 42.9 Å². The van der Waals surface area contributed by atoms with E-state index in [1.54, 1.807) is 0 Å². The summed E-state index contributed by atoms with van der Waals surface area (Å²) in [6.45, 7) is 3.22. The molecule has 1 nitrogen and oxygen atoms in total. The van der Waals surface area contributed by atoms with Gasteiger partial charge in [-0.25, -0.2) is 0 Å². The lowest BCUT2D eigenvalue weighted by molar-refractivity contribution is 0.261. The van der Waals surface area contributed by atoms with Crippen LogP contribution in [0.4, 0.5) is 0 Å². The maximum absolute atomic E-state index is 5.98. The lowest BCUT2D eigenvalue weighted by Gasteiger charge is -2.30. The summed E-state index contributed by atoms with van der Waals surface area (Å²) in [5.41, 5.74) is 1.29. The van der Waals surface area contributed by atoms with Gasteiger partial charge in [-0.1, -0.05) is 59.8 Å². The molecule has 0 amide bonds. The van der Waals surface area contributed by atoms with E-state index in [-0.39, 0.29) is 0 Å². The first-order valence-electron chi connectivity index (χ1n) is 7.38. The van der Waals surface area contributed by atoms with Crippen molar-refractivity contribution < 1.29 is 0 Å². The zero-order valence-corrected chi connectivity index (χ0v) is 13.9. The Balaban J connectivity index is 1.91. The van der Waals surface area contributed by atoms with E-state index >= 15 is 0 Å². The molecule has 0 heterocycles. The Kier molecular flexibility index (Phi) is 6.18. The molecule has 0 aliphatic heterocycles. The van der Waals surface area contributed by atoms with Crippen LogP contribution in [0.25, 0.3) is 0 Å². The summed E-state index contributed by atoms with van der Waals surface area (Å²) in [4.78, 5) is 0. The van der Waals surface area contributed by atoms with E-state index < -0.39 is 0 Å². The van der Waals surface area contributed by atoms with Gasteiger partial charge in [0.1, 0.15) is 0 Å². The Morgan fingerprint density at radius 3 is 2.68 bits per heavy atom. The van der Waals surface area contributed by atoms with Crippen LogP contribution in [0.3, 0.4) is 0 Å². The third-order valence-electron chi connectivity index (χ3n) is 4.23. The molecule has 1 saturated carbocycles. The summed E-state index contributed by atoms with van der Waals surface area (Å²) in [6, 6.07) is 6.70. The van der Waals surface area contributed by atoms with Gasteiger partial charge in [-0.3, -0.25) is 0 Å². The maximum Gasteiger partial charge on any atom is 0.0417 e. The first-order chi connectivity index (χ1) is 9.20. The fourth-order valence-electron chi connectivity index (χ4n) is 3.09. The molecule has 1 atom stereocenters. The lowest BCUT2D eigenvalue weighted by Crippen LogP contribution is -2.36. The Morgan fingerprint density at radius 2 is 2.05 bits per heavy atom. The first-order valence-corrected chi connectivity index (χ1v) is 8.55. The standard InChI is InChI=1S/C16H23BrClN/c1-2-16(12-6-4-3-5-7-12)19-11-13-8-9-14(18)10-15(13)17/h8-10,12,16,19H,2-7,11H2,1H3. The van der Waals surface area contributed by atoms with Gasteiger partial charge in [0, 0.05) is 22.1 Å². The van der Waals surface area contributed by atoms with E-state index in [1.165, 1.54) is 44.1 Å². The molecule has 0 spiro atoms. The zero-order valence-electron chi connectivity index (χ0n) is 11.6. The zero-order chi connectivity index (χ0) is 13.7. The summed E-state index contributed by atoms with van der Waals surface area (Å²) in [5, 5.41) is 4.53. The van der Waals surface area contributed by atoms with Crippen molar-refractivity contribution in [3.63, 3.8) is 0 Å². The Bertz CT molecular complexity index is 402. The molecule has 1 unspecified atom stereocenters. The van der Waals surface area contributed by atoms with Crippen molar-refractivity contribution >= 4 is 27.5 Å². The number of hydrogen-bond donors (Lipinski definition) is 1. The molecule has 106 valence electrons. The van der Waals surface area contributed by atoms with Crippen LogP contribution in [0.5, 0.6) is 0 Å². The molecule has 19 heavy (non-hydrogen) atoms. The highest BCUT2D eigenvalue weighted by Crippen LogP contribution is 2.28. The van der Waals surface area contributed by atoms with Gasteiger partial charge in [0.25, 0.3) is 0 Å². The quantitative estimate of drug-likeness (QED) is 0.738. The molecular formula is C16H23BrClN. The van der Waals surface area contributed by atoms with Gasteiger partial charge in [-0.15, -0.1) is 0 Å². The van der Waals surface area contributed by atoms with Crippen molar-refractivity contribution in [3.8, 4) is 0 Å². The minimum atomic E-state index is 0.655. The Hall–Kier alpha value is -0.0500. The van der Waals surface area contributed by atoms with Crippen LogP contribution >= 0.6 is 27.5 Å². The molecule has 0 radical (unpaired) electrons. The van der Waals surface area contributed by atoms with Crippen LogP contribution in [0.15, 0.2) is 22.7 Å². The minimum Gasteiger partial charge on any atom is -0.310 e. The summed E-state index contributed by atoms with van der Waals surface area (Å²) < 4.78 is 1.10. The SMILES string of the molecule is CCC(NCc1ccc(Cl)cc1Br)C1CCCCC1. The van der Waals surface area contributed by atoms with Crippen LogP contribution in [0.1, 0.15) is 51.0 Å². The van der Waals surface area contributed by atoms with E-state index in [9.17, 15) is 0 Å². The molecular weight excluding hydrogens is 322 g/mol. The summed E-state index contributed by atoms with van der Waals surface area (Å²) in [7, 11) is 0. The van der Waals surface area contributed by atoms with E-state index in [2.05, 4.69) is 34.2 Å². The molecule has 2 rings (SSSR count). The highest BCUT2D eigenvalue weighted by atomic mass is 79.9. The predicted molar refractivity (Wildman–Crippen MR) is 86.6 cm³/mol. The van der Waals surface area contributed by atoms with Crippen molar-refractivity contribution in [2.45, 2.75) is 58.0 Å². The average Bonchev–Trinajstić information content (AvgIpc) is 2.43. The number of hydrogen-bond acceptors (Lipinski definition) is 1. The van der Waals surface area contributed by atoms with Crippen molar-refractivity contribution in [2.24, 2.45) is 5.92 Å². The van der Waals surface area contributed by atoms with Crippen molar-refractivity contribution in [1.82, 2.24) is 5.32 Å². The molecule has 0 aromatic heterocycles. The fourth-order valence-corrected chi connectivity index (χ4v) is 3.91. The molecule has 1 aromatic carbocycles. The Labute approximate surface area is 130 Å². The van der Waals surface area contributed by atoms with Crippen LogP contribution in [-0.4, -0.2) is 6.04 Å². The molecule has 1 fully saturated rings. The van der Waals surface area contributed by atoms with Gasteiger partial charge < -0.3 is 5.32 Å². The highest BCUT2D eigenvalue weighted by Gasteiger charge is 2.21. The third-order valence-corrected chi connectivity index (χ3v) is 5.20. The number of nitrogens with one attached hydrogen (secondary N) is 1. The van der Waals surface area contributed by atoms with E-state index in [0.29, 0.717) is 6.04 Å². The Morgan fingerprint density at radius 1 is 1.32 bits per heavy atom. The first kappa shape index (κ1) is 15.3. The molecule has 3 heteroatoms. The third kappa shape index (κ3) is 4.47. The van der Waals surface area contributed by atoms with Crippen LogP contribution in [0, 0.1) is 5.92 Å². The van der Waals surface area contributed by atoms with Crippen molar-refractivity contribution in [3.05, 3.63) is 33.3 Å². The largest absolute Gasteiger partial charge is 0.310 e. The maximum atomic E-state index is 5.98. The summed E-state index contributed by atoms with van der Waals surface area (Å²) in [6.07, 6.45) is 8.26. The molecule has 0 bridgehead atoms. The molecule has 1 aromatic rings. The van der Waals surface area contributed by atoms with Gasteiger partial charge in [-0.2, -0.15) is 0 Å². The average molecular weight is 345 g/mol. The second-order valence-corrected chi connectivity index (χ2v) is 6.82. The second-order valence-electron chi connectivity index (χ2n) is 5.53. The van der Waals surface area contributed by atoms with Gasteiger partial charge in [0.15, 0.2) is 0 Å². The highest BCUT2D eigenvalue weighted by molar-refractivity contribution is 9.10. The minimum absolute atomic E-state index is 0.655. The van der Waals surface area contributed by atoms with Gasteiger partial charge >= 0.3 is 0 Å². The molecule has 1 aliphatic carbocycles. The molecule has 1 N–H and O–H groups in total. The summed E-state index contributed by atoms with van der Waals surface area (Å²) >= 11 is 9.57. The number of benzene rings is 1. The van der Waals surface area contributed by atoms with Gasteiger partial charge in [0.2, 0.25) is 0 Å². The lowest BCUT2D eigenvalue weighted by atomic mass is 9.83. The predicted octanol–water partition coefficient (Wildman–Crippen LogP) is 5.55. The smallest absolute Gasteiger partial charge is 0.0417 e. The van der Waals surface area contributed by atoms with E-state index in [0.717, 1.165) is 22.0 Å². The topological polar surface area (TPSA) is 12.0 Å². The van der Waals surface area contributed by atoms with Crippen molar-refractivity contribution in [1.29, 1.82) is 0 Å².